The summed E-state index contributed by atoms with van der Waals surface area (Å²) in [5.74, 6) is 0.856. The maximum Gasteiger partial charge on any atom is 0.147 e. The zero-order chi connectivity index (χ0) is 45.5. The molecule has 62 heavy (non-hydrogen) atoms. The molecular weight excluding hydrogens is 809 g/mol. The summed E-state index contributed by atoms with van der Waals surface area (Å²) in [7, 11) is 9.53. The molecular formula is C40H56N20OS. The third-order valence-corrected chi connectivity index (χ3v) is 6.81. The fraction of sp³-hybridized carbons (Fsp3) is 0.250. The largest absolute Gasteiger partial charge is 0.357 e. The standard InChI is InChI=1S/2C6H7N.C5H7N.2C4H6N2.3C3H5N3.C3H4N2O.C3H4N2S/c1-6-3-2-4-7-5-6;1-6-4-2-3-5-7-6;1-6-4-2-3-5-6;1-6-3-2-5-4-6;1-6-4-2-3-5-6;1-6-2-4-5-3-6;1-6-3-4-2-5-6;1-3-4-2-5-6-3;2*1-3-2-6-5-4-3/h2*2-5H,1H3;2-5H,1H3;2*2-4H,1H3;2*2-3H,1H3;2H,1H3,(H,4,5,6);2*2H,1H3. The first-order valence-corrected chi connectivity index (χ1v) is 19.3. The number of nitrogens with one attached hydrogen (secondary N) is 1. The zero-order valence-corrected chi connectivity index (χ0v) is 37.6. The van der Waals surface area contributed by atoms with Gasteiger partial charge in [-0.3, -0.25) is 24.4 Å². The predicted molar refractivity (Wildman–Crippen MR) is 237 cm³/mol. The summed E-state index contributed by atoms with van der Waals surface area (Å²) >= 11 is 1.38. The van der Waals surface area contributed by atoms with Crippen LogP contribution in [0.3, 0.4) is 0 Å². The Hall–Kier alpha value is -7.88. The summed E-state index contributed by atoms with van der Waals surface area (Å²) in [5.41, 5.74) is 4.10. The Kier molecular flexibility index (Phi) is 29.5. The number of hydrogen-bond acceptors (Lipinski definition) is 16. The number of imidazole rings is 1. The average Bonchev–Trinajstić information content (AvgIpc) is 4.10. The van der Waals surface area contributed by atoms with Crippen LogP contribution in [-0.4, -0.2) is 98.5 Å². The van der Waals surface area contributed by atoms with Gasteiger partial charge in [-0.1, -0.05) is 16.6 Å². The summed E-state index contributed by atoms with van der Waals surface area (Å²) in [5, 5.41) is 33.1. The van der Waals surface area contributed by atoms with Gasteiger partial charge in [0.1, 0.15) is 49.4 Å². The molecule has 0 bridgehead atoms. The van der Waals surface area contributed by atoms with E-state index in [4.69, 9.17) is 0 Å². The van der Waals surface area contributed by atoms with Crippen LogP contribution in [0.5, 0.6) is 0 Å². The smallest absolute Gasteiger partial charge is 0.147 e. The molecule has 10 heterocycles. The minimum atomic E-state index is 0.815. The molecule has 10 aromatic rings. The van der Waals surface area contributed by atoms with Gasteiger partial charge in [-0.2, -0.15) is 15.3 Å². The Bertz CT molecular complexity index is 1840. The summed E-state index contributed by atoms with van der Waals surface area (Å²) in [6.07, 6.45) is 27.8. The molecule has 0 saturated heterocycles. The van der Waals surface area contributed by atoms with E-state index in [0.29, 0.717) is 0 Å². The first kappa shape index (κ1) is 52.1. The topological polar surface area (TPSA) is 234 Å². The minimum Gasteiger partial charge on any atom is -0.357 e. The molecule has 0 aromatic carbocycles. The van der Waals surface area contributed by atoms with Crippen LogP contribution in [0.2, 0.25) is 0 Å². The molecule has 10 aromatic heterocycles. The molecule has 0 radical (unpaired) electrons. The van der Waals surface area contributed by atoms with Crippen LogP contribution in [0.15, 0.2) is 158 Å². The molecule has 21 nitrogen and oxygen atoms in total. The van der Waals surface area contributed by atoms with Crippen molar-refractivity contribution in [2.45, 2.75) is 34.6 Å². The highest BCUT2D eigenvalue weighted by Crippen LogP contribution is 1.91. The van der Waals surface area contributed by atoms with Crippen molar-refractivity contribution in [1.29, 1.82) is 0 Å². The van der Waals surface area contributed by atoms with E-state index in [9.17, 15) is 0 Å². The lowest BCUT2D eigenvalue weighted by Gasteiger charge is -1.82. The van der Waals surface area contributed by atoms with E-state index in [1.165, 1.54) is 36.0 Å². The Labute approximate surface area is 365 Å². The Morgan fingerprint density at radius 3 is 1.53 bits per heavy atom. The molecule has 328 valence electrons. The van der Waals surface area contributed by atoms with Gasteiger partial charge in [0.2, 0.25) is 0 Å². The summed E-state index contributed by atoms with van der Waals surface area (Å²) < 4.78 is 17.0. The van der Waals surface area contributed by atoms with Gasteiger partial charge >= 0.3 is 0 Å². The van der Waals surface area contributed by atoms with Crippen molar-refractivity contribution in [3.8, 4) is 0 Å². The molecule has 1 N–H and O–H groups in total. The third kappa shape index (κ3) is 33.1. The fourth-order valence-electron chi connectivity index (χ4n) is 3.20. The van der Waals surface area contributed by atoms with E-state index in [1.807, 2.05) is 164 Å². The van der Waals surface area contributed by atoms with Crippen LogP contribution < -0.4 is 0 Å². The minimum absolute atomic E-state index is 0.815. The van der Waals surface area contributed by atoms with Crippen molar-refractivity contribution in [2.24, 2.45) is 35.2 Å². The summed E-state index contributed by atoms with van der Waals surface area (Å²) in [4.78, 5) is 19.1. The molecule has 10 rings (SSSR count). The van der Waals surface area contributed by atoms with Gasteiger partial charge in [0.15, 0.2) is 0 Å². The van der Waals surface area contributed by atoms with E-state index in [0.717, 1.165) is 22.9 Å². The second-order valence-corrected chi connectivity index (χ2v) is 12.7. The molecule has 0 amide bonds. The first-order chi connectivity index (χ1) is 29.9. The number of aromatic nitrogens is 20. The summed E-state index contributed by atoms with van der Waals surface area (Å²) in [6.45, 7) is 9.58. The van der Waals surface area contributed by atoms with Gasteiger partial charge < -0.3 is 18.2 Å². The number of aryl methyl sites for hydroxylation is 10. The van der Waals surface area contributed by atoms with E-state index in [1.54, 1.807) is 64.0 Å². The SMILES string of the molecule is Cc1ccccn1.Cc1cccnc1.Cc1conn1.Cc1csnn1.Cc1ncn[nH]1.Cn1cccc1.Cn1cccn1.Cn1ccnc1.Cn1cncn1.Cn1cnnc1. The van der Waals surface area contributed by atoms with Crippen LogP contribution in [0, 0.1) is 34.6 Å². The lowest BCUT2D eigenvalue weighted by molar-refractivity contribution is 0.393. The highest BCUT2D eigenvalue weighted by molar-refractivity contribution is 7.03. The number of rotatable bonds is 0. The monoisotopic (exact) mass is 864 g/mol. The Morgan fingerprint density at radius 2 is 1.34 bits per heavy atom. The van der Waals surface area contributed by atoms with Gasteiger partial charge in [0, 0.05) is 107 Å². The molecule has 0 aliphatic heterocycles. The predicted octanol–water partition coefficient (Wildman–Crippen LogP) is 5.61. The van der Waals surface area contributed by atoms with E-state index in [2.05, 4.69) is 80.0 Å². The zero-order valence-electron chi connectivity index (χ0n) is 36.7. The summed E-state index contributed by atoms with van der Waals surface area (Å²) in [6, 6.07) is 15.7. The average molecular weight is 865 g/mol. The van der Waals surface area contributed by atoms with Gasteiger partial charge in [0.05, 0.1) is 12.0 Å². The number of nitrogens with zero attached hydrogens (tertiary/aromatic N) is 19. The van der Waals surface area contributed by atoms with E-state index >= 15 is 0 Å². The lowest BCUT2D eigenvalue weighted by Crippen LogP contribution is -1.83. The molecule has 0 unspecified atom stereocenters. The highest BCUT2D eigenvalue weighted by atomic mass is 32.1. The molecule has 0 aliphatic carbocycles. The normalized spacial score (nSPS) is 8.81. The van der Waals surface area contributed by atoms with Crippen molar-refractivity contribution in [3.05, 3.63) is 182 Å². The van der Waals surface area contributed by atoms with Crippen molar-refractivity contribution >= 4 is 11.5 Å². The highest BCUT2D eigenvalue weighted by Gasteiger charge is 1.80. The second-order valence-electron chi connectivity index (χ2n) is 12.1. The Balaban J connectivity index is 0.000000345. The van der Waals surface area contributed by atoms with Gasteiger partial charge in [-0.05, 0) is 88.1 Å². The van der Waals surface area contributed by atoms with Crippen LogP contribution in [0.25, 0.3) is 0 Å². The quantitative estimate of drug-likeness (QED) is 0.195. The molecule has 0 saturated carbocycles. The fourth-order valence-corrected chi connectivity index (χ4v) is 3.62. The van der Waals surface area contributed by atoms with E-state index in [-0.39, 0.29) is 0 Å². The van der Waals surface area contributed by atoms with E-state index < -0.39 is 0 Å². The van der Waals surface area contributed by atoms with Crippen molar-refractivity contribution in [3.63, 3.8) is 0 Å². The van der Waals surface area contributed by atoms with Crippen LogP contribution >= 0.6 is 11.5 Å². The van der Waals surface area contributed by atoms with Crippen molar-refractivity contribution in [1.82, 2.24) is 98.5 Å². The van der Waals surface area contributed by atoms with Crippen molar-refractivity contribution < 1.29 is 4.52 Å². The lowest BCUT2D eigenvalue weighted by atomic mass is 10.3. The molecule has 0 spiro atoms. The number of aromatic amines is 1. The van der Waals surface area contributed by atoms with Crippen molar-refractivity contribution in [2.75, 3.05) is 0 Å². The number of H-pyrrole nitrogens is 1. The number of pyridine rings is 2. The molecule has 0 fully saturated rings. The maximum atomic E-state index is 4.35. The number of hydrogen-bond donors (Lipinski definition) is 1. The van der Waals surface area contributed by atoms with Crippen LogP contribution in [-0.2, 0) is 35.2 Å². The molecule has 0 atom stereocenters. The van der Waals surface area contributed by atoms with Crippen LogP contribution in [0.4, 0.5) is 0 Å². The van der Waals surface area contributed by atoms with Gasteiger partial charge in [-0.25, -0.2) is 15.0 Å². The van der Waals surface area contributed by atoms with Gasteiger partial charge in [0.25, 0.3) is 0 Å². The second kappa shape index (κ2) is 35.1. The van der Waals surface area contributed by atoms with Gasteiger partial charge in [-0.15, -0.1) is 20.4 Å². The third-order valence-electron chi connectivity index (χ3n) is 6.19. The maximum absolute atomic E-state index is 4.35. The van der Waals surface area contributed by atoms with Crippen LogP contribution in [0.1, 0.15) is 28.5 Å². The molecule has 22 heteroatoms. The first-order valence-electron chi connectivity index (χ1n) is 18.5. The Morgan fingerprint density at radius 1 is 0.565 bits per heavy atom. The molecule has 0 aliphatic rings.